The lowest BCUT2D eigenvalue weighted by Gasteiger charge is -2.09. The minimum absolute atomic E-state index is 0.0355. The van der Waals surface area contributed by atoms with E-state index in [0.717, 1.165) is 5.56 Å². The summed E-state index contributed by atoms with van der Waals surface area (Å²) in [5, 5.41) is 11.6. The Morgan fingerprint density at radius 1 is 1.42 bits per heavy atom. The standard InChI is InChI=1S/C16H21NO2/c1-12(2)11-17-16(19)15-10-13(3)7-8-14(15)6-4-5-9-18/h7-8,10,12,18H,5,9,11H2,1-3H3,(H,17,19). The minimum atomic E-state index is -0.0919. The van der Waals surface area contributed by atoms with E-state index in [-0.39, 0.29) is 12.5 Å². The van der Waals surface area contributed by atoms with Crippen LogP contribution >= 0.6 is 0 Å². The van der Waals surface area contributed by atoms with Crippen molar-refractivity contribution in [3.8, 4) is 11.8 Å². The molecule has 3 nitrogen and oxygen atoms in total. The second kappa shape index (κ2) is 7.60. The Kier molecular flexibility index (Phi) is 6.11. The summed E-state index contributed by atoms with van der Waals surface area (Å²) in [5.41, 5.74) is 2.34. The van der Waals surface area contributed by atoms with Crippen molar-refractivity contribution in [1.29, 1.82) is 0 Å². The average molecular weight is 259 g/mol. The number of hydrogen-bond acceptors (Lipinski definition) is 2. The van der Waals surface area contributed by atoms with E-state index < -0.39 is 0 Å². The first-order valence-electron chi connectivity index (χ1n) is 6.53. The lowest BCUT2D eigenvalue weighted by atomic mass is 10.0. The topological polar surface area (TPSA) is 49.3 Å². The molecule has 1 aromatic rings. The molecule has 1 rings (SSSR count). The molecule has 0 unspecified atom stereocenters. The van der Waals surface area contributed by atoms with E-state index in [4.69, 9.17) is 5.11 Å². The van der Waals surface area contributed by atoms with Gasteiger partial charge < -0.3 is 10.4 Å². The molecular formula is C16H21NO2. The van der Waals surface area contributed by atoms with Crippen molar-refractivity contribution < 1.29 is 9.90 Å². The van der Waals surface area contributed by atoms with Crippen LogP contribution in [0.15, 0.2) is 18.2 Å². The summed E-state index contributed by atoms with van der Waals surface area (Å²) in [7, 11) is 0. The van der Waals surface area contributed by atoms with E-state index in [2.05, 4.69) is 31.0 Å². The predicted octanol–water partition coefficient (Wildman–Crippen LogP) is 2.11. The number of aliphatic hydroxyl groups excluding tert-OH is 1. The number of aryl methyl sites for hydroxylation is 1. The lowest BCUT2D eigenvalue weighted by molar-refractivity contribution is 0.0948. The maximum atomic E-state index is 12.1. The van der Waals surface area contributed by atoms with E-state index >= 15 is 0 Å². The first kappa shape index (κ1) is 15.3. The van der Waals surface area contributed by atoms with E-state index in [0.29, 0.717) is 30.0 Å². The maximum absolute atomic E-state index is 12.1. The molecule has 1 amide bonds. The molecule has 0 aliphatic carbocycles. The van der Waals surface area contributed by atoms with Gasteiger partial charge in [-0.05, 0) is 25.0 Å². The molecule has 0 saturated carbocycles. The van der Waals surface area contributed by atoms with Crippen molar-refractivity contribution in [3.05, 3.63) is 34.9 Å². The molecule has 0 aliphatic heterocycles. The zero-order valence-corrected chi connectivity index (χ0v) is 11.8. The Balaban J connectivity index is 2.94. The number of carbonyl (C=O) groups is 1. The van der Waals surface area contributed by atoms with E-state index in [1.165, 1.54) is 0 Å². The molecule has 0 saturated heterocycles. The summed E-state index contributed by atoms with van der Waals surface area (Å²) >= 11 is 0. The van der Waals surface area contributed by atoms with Gasteiger partial charge in [0.25, 0.3) is 5.91 Å². The highest BCUT2D eigenvalue weighted by atomic mass is 16.2. The summed E-state index contributed by atoms with van der Waals surface area (Å²) < 4.78 is 0. The Morgan fingerprint density at radius 3 is 2.79 bits per heavy atom. The molecule has 1 aromatic carbocycles. The second-order valence-corrected chi connectivity index (χ2v) is 4.93. The van der Waals surface area contributed by atoms with E-state index in [9.17, 15) is 4.79 Å². The van der Waals surface area contributed by atoms with Gasteiger partial charge in [0.2, 0.25) is 0 Å². The highest BCUT2D eigenvalue weighted by molar-refractivity contribution is 5.96. The molecule has 19 heavy (non-hydrogen) atoms. The minimum Gasteiger partial charge on any atom is -0.395 e. The van der Waals surface area contributed by atoms with Crippen molar-refractivity contribution in [2.75, 3.05) is 13.2 Å². The van der Waals surface area contributed by atoms with E-state index in [1.54, 1.807) is 0 Å². The summed E-state index contributed by atoms with van der Waals surface area (Å²) in [5.74, 6) is 6.11. The van der Waals surface area contributed by atoms with Crippen molar-refractivity contribution in [3.63, 3.8) is 0 Å². The fourth-order valence-electron chi connectivity index (χ4n) is 1.56. The molecular weight excluding hydrogens is 238 g/mol. The molecule has 0 spiro atoms. The van der Waals surface area contributed by atoms with Gasteiger partial charge in [-0.2, -0.15) is 0 Å². The lowest BCUT2D eigenvalue weighted by Crippen LogP contribution is -2.28. The highest BCUT2D eigenvalue weighted by Gasteiger charge is 2.10. The summed E-state index contributed by atoms with van der Waals surface area (Å²) in [6.45, 7) is 6.74. The molecule has 0 fully saturated rings. The normalized spacial score (nSPS) is 9.95. The van der Waals surface area contributed by atoms with Crippen molar-refractivity contribution in [2.45, 2.75) is 27.2 Å². The number of benzene rings is 1. The first-order valence-corrected chi connectivity index (χ1v) is 6.53. The predicted molar refractivity (Wildman–Crippen MR) is 76.9 cm³/mol. The summed E-state index contributed by atoms with van der Waals surface area (Å²) in [6, 6.07) is 5.63. The first-order chi connectivity index (χ1) is 9.04. The quantitative estimate of drug-likeness (QED) is 0.814. The Bertz CT molecular complexity index is 495. The number of hydrogen-bond donors (Lipinski definition) is 2. The van der Waals surface area contributed by atoms with Gasteiger partial charge in [0, 0.05) is 18.5 Å². The summed E-state index contributed by atoms with van der Waals surface area (Å²) in [6.07, 6.45) is 0.418. The monoisotopic (exact) mass is 259 g/mol. The van der Waals surface area contributed by atoms with E-state index in [1.807, 2.05) is 25.1 Å². The van der Waals surface area contributed by atoms with Crippen LogP contribution in [0.1, 0.15) is 41.8 Å². The van der Waals surface area contributed by atoms with Gasteiger partial charge in [0.05, 0.1) is 12.2 Å². The molecule has 0 heterocycles. The van der Waals surface area contributed by atoms with Gasteiger partial charge in [-0.3, -0.25) is 4.79 Å². The van der Waals surface area contributed by atoms with Crippen LogP contribution in [-0.4, -0.2) is 24.2 Å². The van der Waals surface area contributed by atoms with Gasteiger partial charge in [0.15, 0.2) is 0 Å². The van der Waals surface area contributed by atoms with Crippen LogP contribution in [0.2, 0.25) is 0 Å². The zero-order chi connectivity index (χ0) is 14.3. The van der Waals surface area contributed by atoms with Crippen molar-refractivity contribution in [2.24, 2.45) is 5.92 Å². The van der Waals surface area contributed by atoms with Gasteiger partial charge in [-0.25, -0.2) is 0 Å². The van der Waals surface area contributed by atoms with Gasteiger partial charge >= 0.3 is 0 Å². The molecule has 0 radical (unpaired) electrons. The average Bonchev–Trinajstić information content (AvgIpc) is 2.37. The third kappa shape index (κ3) is 5.15. The van der Waals surface area contributed by atoms with Crippen LogP contribution in [0.3, 0.4) is 0 Å². The molecule has 0 atom stereocenters. The Hall–Kier alpha value is -1.79. The number of nitrogens with one attached hydrogen (secondary N) is 1. The summed E-state index contributed by atoms with van der Waals surface area (Å²) in [4.78, 5) is 12.1. The largest absolute Gasteiger partial charge is 0.395 e. The zero-order valence-electron chi connectivity index (χ0n) is 11.8. The van der Waals surface area contributed by atoms with Crippen molar-refractivity contribution in [1.82, 2.24) is 5.32 Å². The van der Waals surface area contributed by atoms with Crippen LogP contribution in [-0.2, 0) is 0 Å². The molecule has 0 aromatic heterocycles. The SMILES string of the molecule is Cc1ccc(C#CCCO)c(C(=O)NCC(C)C)c1. The van der Waals surface area contributed by atoms with Crippen LogP contribution in [0.5, 0.6) is 0 Å². The smallest absolute Gasteiger partial charge is 0.252 e. The maximum Gasteiger partial charge on any atom is 0.252 e. The van der Waals surface area contributed by atoms with Gasteiger partial charge in [-0.15, -0.1) is 0 Å². The molecule has 0 bridgehead atoms. The molecule has 102 valence electrons. The third-order valence-electron chi connectivity index (χ3n) is 2.55. The Labute approximate surface area is 115 Å². The highest BCUT2D eigenvalue weighted by Crippen LogP contribution is 2.11. The van der Waals surface area contributed by atoms with Gasteiger partial charge in [-0.1, -0.05) is 37.3 Å². The van der Waals surface area contributed by atoms with Crippen LogP contribution in [0.25, 0.3) is 0 Å². The Morgan fingerprint density at radius 2 is 2.16 bits per heavy atom. The van der Waals surface area contributed by atoms with Crippen LogP contribution in [0.4, 0.5) is 0 Å². The van der Waals surface area contributed by atoms with Gasteiger partial charge in [0.1, 0.15) is 0 Å². The fourth-order valence-corrected chi connectivity index (χ4v) is 1.56. The number of rotatable bonds is 4. The molecule has 2 N–H and O–H groups in total. The third-order valence-corrected chi connectivity index (χ3v) is 2.55. The fraction of sp³-hybridized carbons (Fsp3) is 0.438. The molecule has 3 heteroatoms. The number of aliphatic hydroxyl groups is 1. The molecule has 0 aliphatic rings. The number of carbonyl (C=O) groups excluding carboxylic acids is 1. The van der Waals surface area contributed by atoms with Crippen LogP contribution in [0, 0.1) is 24.7 Å². The second-order valence-electron chi connectivity index (χ2n) is 4.93. The van der Waals surface area contributed by atoms with Crippen molar-refractivity contribution >= 4 is 5.91 Å². The number of amides is 1. The van der Waals surface area contributed by atoms with Crippen LogP contribution < -0.4 is 5.32 Å².